The maximum Gasteiger partial charge on any atom is 0.232 e. The minimum absolute atomic E-state index is 0. The van der Waals surface area contributed by atoms with Crippen LogP contribution < -0.4 is 5.73 Å². The van der Waals surface area contributed by atoms with Gasteiger partial charge in [-0.15, -0.1) is 12.4 Å². The highest BCUT2D eigenvalue weighted by Crippen LogP contribution is 2.23. The molecule has 80 valence electrons. The summed E-state index contributed by atoms with van der Waals surface area (Å²) in [5.41, 5.74) is 5.38. The van der Waals surface area contributed by atoms with Crippen molar-refractivity contribution in [3.63, 3.8) is 0 Å². The maximum atomic E-state index is 5.38. The molecule has 2 rings (SSSR count). The zero-order valence-electron chi connectivity index (χ0n) is 7.81. The second-order valence-electron chi connectivity index (χ2n) is 3.15. The molecule has 0 spiro atoms. The van der Waals surface area contributed by atoms with Gasteiger partial charge in [-0.2, -0.15) is 4.98 Å². The number of ether oxygens (including phenoxy) is 1. The lowest BCUT2D eigenvalue weighted by molar-refractivity contribution is 0.189. The first-order chi connectivity index (χ1) is 6.40. The van der Waals surface area contributed by atoms with Gasteiger partial charge in [0.05, 0.1) is 12.5 Å². The lowest BCUT2D eigenvalue weighted by Crippen LogP contribution is -2.04. The predicted molar refractivity (Wildman–Crippen MR) is 52.5 cm³/mol. The third-order valence-electron chi connectivity index (χ3n) is 2.13. The molecule has 2 N–H and O–H groups in total. The van der Waals surface area contributed by atoms with Gasteiger partial charge in [0, 0.05) is 13.0 Å². The highest BCUT2D eigenvalue weighted by molar-refractivity contribution is 5.85. The first-order valence-corrected chi connectivity index (χ1v) is 4.50. The summed E-state index contributed by atoms with van der Waals surface area (Å²) in [4.78, 5) is 4.24. The summed E-state index contributed by atoms with van der Waals surface area (Å²) in [7, 11) is 0. The number of hydrogen-bond donors (Lipinski definition) is 1. The van der Waals surface area contributed by atoms with Crippen LogP contribution >= 0.6 is 12.4 Å². The minimum atomic E-state index is 0. The molecule has 6 heteroatoms. The Labute approximate surface area is 88.4 Å². The Morgan fingerprint density at radius 3 is 3.00 bits per heavy atom. The van der Waals surface area contributed by atoms with Crippen molar-refractivity contribution >= 4 is 12.4 Å². The van der Waals surface area contributed by atoms with Crippen molar-refractivity contribution in [2.24, 2.45) is 5.73 Å². The fourth-order valence-electron chi connectivity index (χ4n) is 1.39. The van der Waals surface area contributed by atoms with Crippen molar-refractivity contribution in [3.8, 4) is 0 Å². The van der Waals surface area contributed by atoms with E-state index in [2.05, 4.69) is 10.1 Å². The number of rotatable bonds is 3. The van der Waals surface area contributed by atoms with Crippen molar-refractivity contribution < 1.29 is 9.26 Å². The monoisotopic (exact) mass is 219 g/mol. The van der Waals surface area contributed by atoms with Crippen LogP contribution in [-0.2, 0) is 11.2 Å². The van der Waals surface area contributed by atoms with E-state index in [9.17, 15) is 0 Å². The molecule has 1 aromatic heterocycles. The lowest BCUT2D eigenvalue weighted by atomic mass is 10.1. The highest BCUT2D eigenvalue weighted by atomic mass is 35.5. The van der Waals surface area contributed by atoms with Gasteiger partial charge in [-0.3, -0.25) is 0 Å². The van der Waals surface area contributed by atoms with Crippen molar-refractivity contribution in [1.82, 2.24) is 10.1 Å². The topological polar surface area (TPSA) is 74.2 Å². The van der Waals surface area contributed by atoms with Crippen LogP contribution in [0.3, 0.4) is 0 Å². The molecule has 1 atom stereocenters. The van der Waals surface area contributed by atoms with Crippen LogP contribution in [-0.4, -0.2) is 29.9 Å². The summed E-state index contributed by atoms with van der Waals surface area (Å²) >= 11 is 0. The second kappa shape index (κ2) is 5.29. The molecule has 14 heavy (non-hydrogen) atoms. The molecular formula is C8H14ClN3O2. The molecule has 1 aliphatic rings. The Balaban J connectivity index is 0.000000980. The Hall–Kier alpha value is -0.650. The molecule has 0 aliphatic carbocycles. The van der Waals surface area contributed by atoms with Crippen LogP contribution in [0, 0.1) is 0 Å². The summed E-state index contributed by atoms with van der Waals surface area (Å²) in [6, 6.07) is 0. The highest BCUT2D eigenvalue weighted by Gasteiger charge is 2.23. The van der Waals surface area contributed by atoms with E-state index in [1.807, 2.05) is 0 Å². The fraction of sp³-hybridized carbons (Fsp3) is 0.750. The van der Waals surface area contributed by atoms with E-state index in [0.717, 1.165) is 13.0 Å². The molecule has 0 bridgehead atoms. The largest absolute Gasteiger partial charge is 0.381 e. The fourth-order valence-corrected chi connectivity index (χ4v) is 1.39. The standard InChI is InChI=1S/C8H13N3O2.ClH/c9-3-1-7-10-8(13-11-7)6-2-4-12-5-6;/h6H,1-5,9H2;1H. The van der Waals surface area contributed by atoms with E-state index in [1.54, 1.807) is 0 Å². The zero-order chi connectivity index (χ0) is 9.10. The molecule has 1 fully saturated rings. The normalized spacial score (nSPS) is 20.8. The van der Waals surface area contributed by atoms with E-state index in [-0.39, 0.29) is 12.4 Å². The van der Waals surface area contributed by atoms with Gasteiger partial charge >= 0.3 is 0 Å². The summed E-state index contributed by atoms with van der Waals surface area (Å²) < 4.78 is 10.3. The van der Waals surface area contributed by atoms with Gasteiger partial charge in [-0.25, -0.2) is 0 Å². The molecule has 1 saturated heterocycles. The smallest absolute Gasteiger partial charge is 0.232 e. The molecule has 0 amide bonds. The van der Waals surface area contributed by atoms with Crippen molar-refractivity contribution in [2.45, 2.75) is 18.8 Å². The molecule has 1 aliphatic heterocycles. The zero-order valence-corrected chi connectivity index (χ0v) is 8.63. The van der Waals surface area contributed by atoms with Gasteiger partial charge in [0.15, 0.2) is 5.82 Å². The molecule has 2 heterocycles. The van der Waals surface area contributed by atoms with Crippen LogP contribution in [0.25, 0.3) is 0 Å². The Kier molecular flexibility index (Phi) is 4.31. The third kappa shape index (κ3) is 2.43. The first-order valence-electron chi connectivity index (χ1n) is 4.50. The van der Waals surface area contributed by atoms with Gasteiger partial charge in [0.1, 0.15) is 0 Å². The summed E-state index contributed by atoms with van der Waals surface area (Å²) in [6.07, 6.45) is 1.65. The number of halogens is 1. The molecule has 5 nitrogen and oxygen atoms in total. The average Bonchev–Trinajstić information content (AvgIpc) is 2.70. The van der Waals surface area contributed by atoms with E-state index in [0.29, 0.717) is 37.2 Å². The molecule has 0 aromatic carbocycles. The van der Waals surface area contributed by atoms with Crippen molar-refractivity contribution in [1.29, 1.82) is 0 Å². The minimum Gasteiger partial charge on any atom is -0.381 e. The quantitative estimate of drug-likeness (QED) is 0.801. The average molecular weight is 220 g/mol. The number of aromatic nitrogens is 2. The van der Waals surface area contributed by atoms with Gasteiger partial charge < -0.3 is 15.0 Å². The first kappa shape index (κ1) is 11.4. The third-order valence-corrected chi connectivity index (χ3v) is 2.13. The van der Waals surface area contributed by atoms with Gasteiger partial charge in [0.25, 0.3) is 0 Å². The van der Waals surface area contributed by atoms with Crippen molar-refractivity contribution in [3.05, 3.63) is 11.7 Å². The van der Waals surface area contributed by atoms with Crippen LogP contribution in [0.1, 0.15) is 24.1 Å². The molecular weight excluding hydrogens is 206 g/mol. The van der Waals surface area contributed by atoms with E-state index >= 15 is 0 Å². The molecule has 0 saturated carbocycles. The summed E-state index contributed by atoms with van der Waals surface area (Å²) in [5, 5.41) is 3.83. The SMILES string of the molecule is Cl.NCCc1noc(C2CCOC2)n1. The maximum absolute atomic E-state index is 5.38. The Morgan fingerprint density at radius 2 is 2.36 bits per heavy atom. The Bertz CT molecular complexity index is 273. The molecule has 0 radical (unpaired) electrons. The predicted octanol–water partition coefficient (Wildman–Crippen LogP) is 0.496. The number of nitrogens with two attached hydrogens (primary N) is 1. The molecule has 1 aromatic rings. The Morgan fingerprint density at radius 1 is 1.50 bits per heavy atom. The van der Waals surface area contributed by atoms with Crippen LogP contribution in [0.5, 0.6) is 0 Å². The van der Waals surface area contributed by atoms with E-state index in [1.165, 1.54) is 0 Å². The van der Waals surface area contributed by atoms with Crippen LogP contribution in [0.4, 0.5) is 0 Å². The van der Waals surface area contributed by atoms with Crippen LogP contribution in [0.15, 0.2) is 4.52 Å². The summed E-state index contributed by atoms with van der Waals surface area (Å²) in [5.74, 6) is 1.68. The van der Waals surface area contributed by atoms with Gasteiger partial charge in [0.2, 0.25) is 5.89 Å². The molecule has 1 unspecified atom stereocenters. The number of nitrogens with zero attached hydrogens (tertiary/aromatic N) is 2. The van der Waals surface area contributed by atoms with Gasteiger partial charge in [-0.05, 0) is 13.0 Å². The summed E-state index contributed by atoms with van der Waals surface area (Å²) in [6.45, 7) is 2.05. The van der Waals surface area contributed by atoms with Gasteiger partial charge in [-0.1, -0.05) is 5.16 Å². The van der Waals surface area contributed by atoms with Crippen LogP contribution in [0.2, 0.25) is 0 Å². The van der Waals surface area contributed by atoms with E-state index < -0.39 is 0 Å². The second-order valence-corrected chi connectivity index (χ2v) is 3.15. The lowest BCUT2D eigenvalue weighted by Gasteiger charge is -1.97. The number of hydrogen-bond acceptors (Lipinski definition) is 5. The van der Waals surface area contributed by atoms with E-state index in [4.69, 9.17) is 15.0 Å². The van der Waals surface area contributed by atoms with Crippen molar-refractivity contribution in [2.75, 3.05) is 19.8 Å².